The molecule has 0 saturated heterocycles. The minimum absolute atomic E-state index is 0.0582. The van der Waals surface area contributed by atoms with Crippen LogP contribution in [0.25, 0.3) is 0 Å². The molecular weight excluding hydrogens is 442 g/mol. The number of ether oxygens (including phenoxy) is 2. The fourth-order valence-electron chi connectivity index (χ4n) is 3.41. The first kappa shape index (κ1) is 25.5. The van der Waals surface area contributed by atoms with Crippen LogP contribution >= 0.6 is 11.6 Å². The molecule has 3 N–H and O–H groups in total. The largest absolute Gasteiger partial charge is 0.446 e. The molecule has 2 aromatic carbocycles. The number of halogens is 3. The van der Waals surface area contributed by atoms with Crippen LogP contribution in [0.5, 0.6) is 0 Å². The van der Waals surface area contributed by atoms with Crippen LogP contribution in [-0.4, -0.2) is 31.8 Å². The van der Waals surface area contributed by atoms with E-state index in [4.69, 9.17) is 26.8 Å². The summed E-state index contributed by atoms with van der Waals surface area (Å²) in [6, 6.07) is 6.77. The van der Waals surface area contributed by atoms with Crippen molar-refractivity contribution in [3.8, 4) is 0 Å². The van der Waals surface area contributed by atoms with Crippen LogP contribution in [0.15, 0.2) is 30.3 Å². The number of nitrogens with one attached hydrogen (secondary N) is 1. The molecule has 1 aliphatic carbocycles. The van der Waals surface area contributed by atoms with Gasteiger partial charge in [0, 0.05) is 31.4 Å². The zero-order valence-corrected chi connectivity index (χ0v) is 18.8. The number of anilines is 1. The molecular formula is C23H27ClF2N2O4. The van der Waals surface area contributed by atoms with Gasteiger partial charge in [-0.3, -0.25) is 4.79 Å². The van der Waals surface area contributed by atoms with Gasteiger partial charge in [-0.25, -0.2) is 13.6 Å². The molecule has 0 aromatic heterocycles. The van der Waals surface area contributed by atoms with Gasteiger partial charge in [-0.2, -0.15) is 0 Å². The number of fused-ring (bicyclic) bond motifs is 1. The molecule has 0 aliphatic heterocycles. The molecule has 0 bridgehead atoms. The molecule has 9 heteroatoms. The van der Waals surface area contributed by atoms with Crippen molar-refractivity contribution in [2.75, 3.05) is 19.0 Å². The van der Waals surface area contributed by atoms with E-state index >= 15 is 0 Å². The number of rotatable bonds is 7. The maximum Gasteiger partial charge on any atom is 0.404 e. The summed E-state index contributed by atoms with van der Waals surface area (Å²) in [5, 5.41) is 2.60. The third-order valence-corrected chi connectivity index (χ3v) is 5.32. The molecule has 6 nitrogen and oxygen atoms in total. The SMILES string of the molecule is CCC(CCOC)OC(N)=O.O=C(Nc1ccc(F)c(Cl)c1)c1ccc(F)c2c1CCC2. The Bertz CT molecular complexity index is 956. The van der Waals surface area contributed by atoms with Crippen LogP contribution in [0.2, 0.25) is 5.02 Å². The summed E-state index contributed by atoms with van der Waals surface area (Å²) in [5.41, 5.74) is 7.10. The van der Waals surface area contributed by atoms with E-state index in [0.29, 0.717) is 42.7 Å². The van der Waals surface area contributed by atoms with E-state index in [1.165, 1.54) is 30.3 Å². The van der Waals surface area contributed by atoms with E-state index in [0.717, 1.165) is 18.4 Å². The average Bonchev–Trinajstić information content (AvgIpc) is 3.25. The highest BCUT2D eigenvalue weighted by molar-refractivity contribution is 6.31. The van der Waals surface area contributed by atoms with Crippen molar-refractivity contribution < 1.29 is 27.8 Å². The minimum atomic E-state index is -0.715. The number of nitrogens with two attached hydrogens (primary N) is 1. The van der Waals surface area contributed by atoms with Gasteiger partial charge in [0.05, 0.1) is 5.02 Å². The third-order valence-electron chi connectivity index (χ3n) is 5.03. The van der Waals surface area contributed by atoms with Crippen molar-refractivity contribution in [3.05, 3.63) is 63.7 Å². The molecule has 1 atom stereocenters. The molecule has 2 aromatic rings. The van der Waals surface area contributed by atoms with Crippen LogP contribution in [-0.2, 0) is 22.3 Å². The number of hydrogen-bond acceptors (Lipinski definition) is 4. The van der Waals surface area contributed by atoms with Gasteiger partial charge >= 0.3 is 6.09 Å². The zero-order chi connectivity index (χ0) is 23.7. The summed E-state index contributed by atoms with van der Waals surface area (Å²) >= 11 is 5.68. The van der Waals surface area contributed by atoms with E-state index in [-0.39, 0.29) is 22.9 Å². The fourth-order valence-corrected chi connectivity index (χ4v) is 3.59. The molecule has 1 aliphatic rings. The number of hydrogen-bond donors (Lipinski definition) is 2. The van der Waals surface area contributed by atoms with Crippen LogP contribution < -0.4 is 11.1 Å². The summed E-state index contributed by atoms with van der Waals surface area (Å²) < 4.78 is 36.3. The summed E-state index contributed by atoms with van der Waals surface area (Å²) in [7, 11) is 1.61. The van der Waals surface area contributed by atoms with E-state index in [1.54, 1.807) is 7.11 Å². The van der Waals surface area contributed by atoms with Gasteiger partial charge in [0.2, 0.25) is 0 Å². The van der Waals surface area contributed by atoms with Gasteiger partial charge in [-0.05, 0) is 67.1 Å². The predicted octanol–water partition coefficient (Wildman–Crippen LogP) is 5.26. The van der Waals surface area contributed by atoms with Crippen molar-refractivity contribution >= 4 is 29.3 Å². The van der Waals surface area contributed by atoms with Gasteiger partial charge in [-0.1, -0.05) is 18.5 Å². The standard InChI is InChI=1S/C16H12ClF2NO.C7H15NO3/c17-13-8-9(4-6-15(13)19)20-16(21)12-5-7-14(18)11-3-1-2-10(11)12;1-3-6(4-5-10-2)11-7(8)9/h4-8H,1-3H2,(H,20,21);6H,3-5H2,1-2H3,(H2,8,9). The maximum absolute atomic E-state index is 13.7. The van der Waals surface area contributed by atoms with Gasteiger partial charge in [0.15, 0.2) is 0 Å². The molecule has 0 spiro atoms. The highest BCUT2D eigenvalue weighted by Crippen LogP contribution is 2.28. The normalized spacial score (nSPS) is 12.9. The van der Waals surface area contributed by atoms with Gasteiger partial charge in [-0.15, -0.1) is 0 Å². The number of carbonyl (C=O) groups excluding carboxylic acids is 2. The molecule has 0 radical (unpaired) electrons. The second-order valence-corrected chi connectivity index (χ2v) is 7.64. The topological polar surface area (TPSA) is 90.7 Å². The van der Waals surface area contributed by atoms with Gasteiger partial charge in [0.25, 0.3) is 5.91 Å². The number of benzene rings is 2. The van der Waals surface area contributed by atoms with Crippen molar-refractivity contribution in [2.45, 2.75) is 45.1 Å². The van der Waals surface area contributed by atoms with Crippen LogP contribution in [0.1, 0.15) is 47.7 Å². The number of methoxy groups -OCH3 is 1. The number of carbonyl (C=O) groups is 2. The van der Waals surface area contributed by atoms with Crippen LogP contribution in [0.3, 0.4) is 0 Å². The lowest BCUT2D eigenvalue weighted by Crippen LogP contribution is -2.23. The first-order chi connectivity index (χ1) is 15.3. The fraction of sp³-hybridized carbons (Fsp3) is 0.391. The van der Waals surface area contributed by atoms with Gasteiger partial charge < -0.3 is 20.5 Å². The Hall–Kier alpha value is -2.71. The molecule has 1 unspecified atom stereocenters. The van der Waals surface area contributed by atoms with Crippen molar-refractivity contribution in [1.82, 2.24) is 0 Å². The smallest absolute Gasteiger partial charge is 0.404 e. The van der Waals surface area contributed by atoms with Crippen molar-refractivity contribution in [1.29, 1.82) is 0 Å². The Morgan fingerprint density at radius 1 is 1.16 bits per heavy atom. The lowest BCUT2D eigenvalue weighted by atomic mass is 10.0. The van der Waals surface area contributed by atoms with E-state index < -0.39 is 11.9 Å². The highest BCUT2D eigenvalue weighted by Gasteiger charge is 2.22. The van der Waals surface area contributed by atoms with Crippen molar-refractivity contribution in [3.63, 3.8) is 0 Å². The summed E-state index contributed by atoms with van der Waals surface area (Å²) in [5.74, 6) is -1.14. The van der Waals surface area contributed by atoms with Crippen molar-refractivity contribution in [2.24, 2.45) is 5.73 Å². The van der Waals surface area contributed by atoms with E-state index in [1.807, 2.05) is 6.92 Å². The van der Waals surface area contributed by atoms with Gasteiger partial charge in [0.1, 0.15) is 17.7 Å². The monoisotopic (exact) mass is 468 g/mol. The first-order valence-electron chi connectivity index (χ1n) is 10.3. The second-order valence-electron chi connectivity index (χ2n) is 7.24. The second kappa shape index (κ2) is 12.4. The molecule has 0 saturated carbocycles. The lowest BCUT2D eigenvalue weighted by molar-refractivity contribution is 0.0758. The van der Waals surface area contributed by atoms with Crippen LogP contribution in [0, 0.1) is 11.6 Å². The number of amides is 2. The molecule has 174 valence electrons. The zero-order valence-electron chi connectivity index (χ0n) is 18.1. The molecule has 2 amide bonds. The molecule has 32 heavy (non-hydrogen) atoms. The average molecular weight is 469 g/mol. The molecule has 3 rings (SSSR count). The summed E-state index contributed by atoms with van der Waals surface area (Å²) in [4.78, 5) is 22.6. The van der Waals surface area contributed by atoms with E-state index in [9.17, 15) is 18.4 Å². The molecule has 0 heterocycles. The third kappa shape index (κ3) is 7.17. The Morgan fingerprint density at radius 3 is 2.47 bits per heavy atom. The Balaban J connectivity index is 0.000000282. The Kier molecular flexibility index (Phi) is 9.87. The minimum Gasteiger partial charge on any atom is -0.446 e. The molecule has 0 fully saturated rings. The van der Waals surface area contributed by atoms with Crippen LogP contribution in [0.4, 0.5) is 19.3 Å². The Labute approximate surface area is 191 Å². The quantitative estimate of drug-likeness (QED) is 0.580. The van der Waals surface area contributed by atoms with E-state index in [2.05, 4.69) is 5.32 Å². The first-order valence-corrected chi connectivity index (χ1v) is 10.7. The predicted molar refractivity (Wildman–Crippen MR) is 119 cm³/mol. The lowest BCUT2D eigenvalue weighted by Gasteiger charge is -2.13. The summed E-state index contributed by atoms with van der Waals surface area (Å²) in [6.45, 7) is 2.52. The highest BCUT2D eigenvalue weighted by atomic mass is 35.5. The maximum atomic E-state index is 13.7. The summed E-state index contributed by atoms with van der Waals surface area (Å²) in [6.07, 6.45) is 2.85. The Morgan fingerprint density at radius 2 is 1.84 bits per heavy atom. The number of primary amides is 1.